The van der Waals surface area contributed by atoms with Crippen molar-refractivity contribution in [3.63, 3.8) is 0 Å². The Morgan fingerprint density at radius 1 is 1.12 bits per heavy atom. The molecule has 0 aliphatic carbocycles. The van der Waals surface area contributed by atoms with Gasteiger partial charge in [0.2, 0.25) is 0 Å². The highest BCUT2D eigenvalue weighted by atomic mass is 16.3. The second-order valence-corrected chi connectivity index (χ2v) is 7.40. The number of aromatic nitrogens is 2. The average Bonchev–Trinajstić information content (AvgIpc) is 2.82. The Labute approximate surface area is 186 Å². The number of nitrogens with zero attached hydrogens (tertiary/aromatic N) is 3. The van der Waals surface area contributed by atoms with E-state index in [1.54, 1.807) is 30.4 Å². The van der Waals surface area contributed by atoms with E-state index >= 15 is 0 Å². The van der Waals surface area contributed by atoms with Crippen LogP contribution in [0.4, 0.5) is 11.5 Å². The van der Waals surface area contributed by atoms with Crippen LogP contribution < -0.4 is 15.5 Å². The normalized spacial score (nSPS) is 14.2. The number of carbonyl (C=O) groups is 1. The standard InChI is InChI=1S/C25H25N5O2/c1-3-7-17(4-2)24-27-22(16-23(29-24)30-12-10-26-11-13-30)25(32)28-21-15-19(31)14-18-8-5-6-9-20(18)21/h3-9,14-16,26,31H,1-2,10-13H2,(H,28,32)/b17-7+. The number of aromatic hydroxyl groups is 1. The van der Waals surface area contributed by atoms with Crippen molar-refractivity contribution in [2.45, 2.75) is 0 Å². The van der Waals surface area contributed by atoms with E-state index < -0.39 is 0 Å². The number of rotatable bonds is 6. The maximum absolute atomic E-state index is 13.2. The lowest BCUT2D eigenvalue weighted by Gasteiger charge is -2.28. The van der Waals surface area contributed by atoms with Gasteiger partial charge in [0.1, 0.15) is 17.3 Å². The molecule has 1 saturated heterocycles. The Morgan fingerprint density at radius 3 is 2.66 bits per heavy atom. The van der Waals surface area contributed by atoms with Gasteiger partial charge in [-0.15, -0.1) is 0 Å². The fourth-order valence-corrected chi connectivity index (χ4v) is 3.68. The maximum atomic E-state index is 13.2. The van der Waals surface area contributed by atoms with Gasteiger partial charge < -0.3 is 20.6 Å². The summed E-state index contributed by atoms with van der Waals surface area (Å²) in [6.07, 6.45) is 5.04. The van der Waals surface area contributed by atoms with E-state index in [1.165, 1.54) is 6.07 Å². The summed E-state index contributed by atoms with van der Waals surface area (Å²) in [6.45, 7) is 10.8. The molecule has 3 aromatic rings. The minimum Gasteiger partial charge on any atom is -0.508 e. The van der Waals surface area contributed by atoms with E-state index in [-0.39, 0.29) is 17.4 Å². The Balaban J connectivity index is 1.75. The van der Waals surface area contributed by atoms with Gasteiger partial charge in [0.25, 0.3) is 5.91 Å². The van der Waals surface area contributed by atoms with Gasteiger partial charge in [-0.25, -0.2) is 9.97 Å². The van der Waals surface area contributed by atoms with Gasteiger partial charge in [-0.3, -0.25) is 4.79 Å². The van der Waals surface area contributed by atoms with E-state index in [1.807, 2.05) is 24.3 Å². The number of allylic oxidation sites excluding steroid dienone is 4. The van der Waals surface area contributed by atoms with Crippen molar-refractivity contribution in [2.24, 2.45) is 0 Å². The van der Waals surface area contributed by atoms with E-state index in [0.29, 0.717) is 22.9 Å². The summed E-state index contributed by atoms with van der Waals surface area (Å²) in [5, 5.41) is 18.0. The predicted molar refractivity (Wildman–Crippen MR) is 129 cm³/mol. The number of anilines is 2. The Hall–Kier alpha value is -3.97. The zero-order valence-corrected chi connectivity index (χ0v) is 17.7. The van der Waals surface area contributed by atoms with Gasteiger partial charge in [-0.2, -0.15) is 0 Å². The van der Waals surface area contributed by atoms with Crippen LogP contribution in [0.15, 0.2) is 73.9 Å². The van der Waals surface area contributed by atoms with Crippen molar-refractivity contribution < 1.29 is 9.90 Å². The second-order valence-electron chi connectivity index (χ2n) is 7.40. The number of phenols is 1. The van der Waals surface area contributed by atoms with E-state index in [0.717, 1.165) is 37.0 Å². The molecule has 1 aromatic heterocycles. The number of nitrogens with one attached hydrogen (secondary N) is 2. The number of benzene rings is 2. The molecule has 0 radical (unpaired) electrons. The van der Waals surface area contributed by atoms with Crippen molar-refractivity contribution in [1.29, 1.82) is 0 Å². The number of piperazine rings is 1. The van der Waals surface area contributed by atoms with Crippen molar-refractivity contribution in [1.82, 2.24) is 15.3 Å². The molecule has 0 spiro atoms. The van der Waals surface area contributed by atoms with Crippen LogP contribution in [0.2, 0.25) is 0 Å². The zero-order valence-electron chi connectivity index (χ0n) is 17.7. The molecule has 0 atom stereocenters. The van der Waals surface area contributed by atoms with E-state index in [4.69, 9.17) is 0 Å². The molecular formula is C25H25N5O2. The third kappa shape index (κ3) is 4.53. The minimum absolute atomic E-state index is 0.0757. The number of hydrogen-bond acceptors (Lipinski definition) is 6. The van der Waals surface area contributed by atoms with Crippen molar-refractivity contribution in [2.75, 3.05) is 36.4 Å². The lowest BCUT2D eigenvalue weighted by Crippen LogP contribution is -2.44. The van der Waals surface area contributed by atoms with Crippen molar-refractivity contribution in [3.8, 4) is 5.75 Å². The molecule has 3 N–H and O–H groups in total. The average molecular weight is 428 g/mol. The predicted octanol–water partition coefficient (Wildman–Crippen LogP) is 3.75. The van der Waals surface area contributed by atoms with Gasteiger partial charge >= 0.3 is 0 Å². The summed E-state index contributed by atoms with van der Waals surface area (Å²) in [5.41, 5.74) is 1.42. The highest BCUT2D eigenvalue weighted by Crippen LogP contribution is 2.29. The third-order valence-electron chi connectivity index (χ3n) is 5.26. The van der Waals surface area contributed by atoms with Crippen LogP contribution in [0.5, 0.6) is 5.75 Å². The molecule has 0 saturated carbocycles. The summed E-state index contributed by atoms with van der Waals surface area (Å²) >= 11 is 0. The number of carbonyl (C=O) groups excluding carboxylic acids is 1. The fourth-order valence-electron chi connectivity index (χ4n) is 3.68. The Bertz CT molecular complexity index is 1210. The first kappa shape index (κ1) is 21.3. The van der Waals surface area contributed by atoms with E-state index in [2.05, 4.69) is 38.7 Å². The molecule has 2 aromatic carbocycles. The summed E-state index contributed by atoms with van der Waals surface area (Å²) < 4.78 is 0. The van der Waals surface area contributed by atoms with E-state index in [9.17, 15) is 9.90 Å². The van der Waals surface area contributed by atoms with Gasteiger partial charge in [0.15, 0.2) is 5.82 Å². The van der Waals surface area contributed by atoms with Gasteiger partial charge in [0, 0.05) is 49.3 Å². The molecule has 1 aliphatic heterocycles. The molecule has 0 unspecified atom stereocenters. The molecule has 4 rings (SSSR count). The molecule has 7 heteroatoms. The van der Waals surface area contributed by atoms with Gasteiger partial charge in [0.05, 0.1) is 5.69 Å². The molecular weight excluding hydrogens is 402 g/mol. The SMILES string of the molecule is C=C/C=C(\C=C)c1nc(C(=O)Nc2cc(O)cc3ccccc23)cc(N2CCNCC2)n1. The van der Waals surface area contributed by atoms with Crippen molar-refractivity contribution in [3.05, 3.63) is 85.4 Å². The van der Waals surface area contributed by atoms with Crippen LogP contribution >= 0.6 is 0 Å². The lowest BCUT2D eigenvalue weighted by molar-refractivity contribution is 0.102. The number of phenolic OH excluding ortho intramolecular Hbond substituents is 1. The first-order valence-electron chi connectivity index (χ1n) is 10.4. The third-order valence-corrected chi connectivity index (χ3v) is 5.26. The van der Waals surface area contributed by atoms with Crippen LogP contribution in [-0.4, -0.2) is 47.2 Å². The molecule has 32 heavy (non-hydrogen) atoms. The highest BCUT2D eigenvalue weighted by molar-refractivity contribution is 6.09. The highest BCUT2D eigenvalue weighted by Gasteiger charge is 2.19. The molecule has 162 valence electrons. The topological polar surface area (TPSA) is 90.4 Å². The quantitative estimate of drug-likeness (QED) is 0.519. The minimum atomic E-state index is -0.386. The fraction of sp³-hybridized carbons (Fsp3) is 0.160. The van der Waals surface area contributed by atoms with Crippen LogP contribution in [0.3, 0.4) is 0 Å². The molecule has 1 aliphatic rings. The number of fused-ring (bicyclic) bond motifs is 1. The van der Waals surface area contributed by atoms with Gasteiger partial charge in [-0.05, 0) is 11.5 Å². The molecule has 7 nitrogen and oxygen atoms in total. The summed E-state index contributed by atoms with van der Waals surface area (Å²) in [4.78, 5) is 24.5. The monoisotopic (exact) mass is 427 g/mol. The Kier molecular flexibility index (Phi) is 6.28. The van der Waals surface area contributed by atoms with Crippen LogP contribution in [0.25, 0.3) is 16.3 Å². The van der Waals surface area contributed by atoms with Crippen LogP contribution in [0.1, 0.15) is 16.3 Å². The molecule has 1 amide bonds. The summed E-state index contributed by atoms with van der Waals surface area (Å²) in [6, 6.07) is 12.4. The summed E-state index contributed by atoms with van der Waals surface area (Å²) in [5.74, 6) is 0.774. The lowest BCUT2D eigenvalue weighted by atomic mass is 10.1. The van der Waals surface area contributed by atoms with Crippen LogP contribution in [0, 0.1) is 0 Å². The van der Waals surface area contributed by atoms with Gasteiger partial charge in [-0.1, -0.05) is 55.7 Å². The smallest absolute Gasteiger partial charge is 0.274 e. The Morgan fingerprint density at radius 2 is 1.91 bits per heavy atom. The molecule has 0 bridgehead atoms. The maximum Gasteiger partial charge on any atom is 0.274 e. The van der Waals surface area contributed by atoms with Crippen molar-refractivity contribution >= 4 is 33.8 Å². The second kappa shape index (κ2) is 9.45. The molecule has 1 fully saturated rings. The first-order chi connectivity index (χ1) is 15.6. The molecule has 2 heterocycles. The number of hydrogen-bond donors (Lipinski definition) is 3. The zero-order chi connectivity index (χ0) is 22.5. The first-order valence-corrected chi connectivity index (χ1v) is 10.4. The number of amides is 1. The van der Waals surface area contributed by atoms with Crippen LogP contribution in [-0.2, 0) is 0 Å². The summed E-state index contributed by atoms with van der Waals surface area (Å²) in [7, 11) is 0. The largest absolute Gasteiger partial charge is 0.508 e.